The summed E-state index contributed by atoms with van der Waals surface area (Å²) in [5.74, 6) is 0. The van der Waals surface area contributed by atoms with Gasteiger partial charge in [0.25, 0.3) is 0 Å². The van der Waals surface area contributed by atoms with Gasteiger partial charge in [0.05, 0.1) is 0 Å². The van der Waals surface area contributed by atoms with Crippen LogP contribution < -0.4 is 0 Å². The molecule has 0 aromatic heterocycles. The molecule has 0 unspecified atom stereocenters. The molecule has 0 saturated heterocycles. The van der Waals surface area contributed by atoms with E-state index in [4.69, 9.17) is 0 Å². The van der Waals surface area contributed by atoms with Gasteiger partial charge in [0, 0.05) is 98.1 Å². The van der Waals surface area contributed by atoms with Gasteiger partial charge in [-0.2, -0.15) is 5.56 Å². The second kappa shape index (κ2) is 11.3. The van der Waals surface area contributed by atoms with Crippen LogP contribution in [0.4, 0.5) is 0 Å². The molecule has 0 aliphatic heterocycles. The largest absolute Gasteiger partial charge is 0.367 e. The molecule has 4 aromatic rings. The SMILES string of the molecule is [Y].[Y].[Y].[c-]1ccc(-c2[c-]cccc2)[c-]c1-c1[c-]c2ccccc2cc1. The van der Waals surface area contributed by atoms with Crippen LogP contribution in [-0.2, 0) is 98.1 Å². The Morgan fingerprint density at radius 3 is 2.12 bits per heavy atom. The van der Waals surface area contributed by atoms with Crippen LogP contribution in [0, 0.1) is 24.3 Å². The fourth-order valence-electron chi connectivity index (χ4n) is 2.55. The molecule has 0 spiro atoms. The second-order valence-electron chi connectivity index (χ2n) is 5.13. The van der Waals surface area contributed by atoms with E-state index in [1.54, 1.807) is 0 Å². The van der Waals surface area contributed by atoms with Crippen LogP contribution in [-0.4, -0.2) is 0 Å². The molecule has 0 N–H and O–H groups in total. The maximum atomic E-state index is 3.45. The van der Waals surface area contributed by atoms with Crippen molar-refractivity contribution in [3.8, 4) is 22.3 Å². The molecule has 4 aromatic carbocycles. The third-order valence-electron chi connectivity index (χ3n) is 3.67. The summed E-state index contributed by atoms with van der Waals surface area (Å²) in [6.07, 6.45) is 0. The zero-order valence-electron chi connectivity index (χ0n) is 13.7. The van der Waals surface area contributed by atoms with Gasteiger partial charge in [-0.15, -0.1) is 47.9 Å². The van der Waals surface area contributed by atoms with Crippen molar-refractivity contribution >= 4 is 10.8 Å². The van der Waals surface area contributed by atoms with Crippen molar-refractivity contribution in [2.45, 2.75) is 0 Å². The van der Waals surface area contributed by atoms with Crippen LogP contribution in [0.1, 0.15) is 0 Å². The normalized spacial score (nSPS) is 9.44. The Morgan fingerprint density at radius 1 is 0.520 bits per heavy atom. The molecular formula is C22H12Y3-4. The Balaban J connectivity index is 0.00000104. The maximum absolute atomic E-state index is 3.45. The van der Waals surface area contributed by atoms with Crippen molar-refractivity contribution in [1.29, 1.82) is 0 Å². The molecule has 0 atom stereocenters. The summed E-state index contributed by atoms with van der Waals surface area (Å²) < 4.78 is 0. The summed E-state index contributed by atoms with van der Waals surface area (Å²) >= 11 is 0. The van der Waals surface area contributed by atoms with E-state index in [9.17, 15) is 0 Å². The first-order chi connectivity index (χ1) is 10.9. The first kappa shape index (κ1) is 23.5. The molecule has 0 amide bonds. The average molecular weight is 543 g/mol. The fourth-order valence-corrected chi connectivity index (χ4v) is 2.55. The predicted octanol–water partition coefficient (Wildman–Crippen LogP) is 5.37. The summed E-state index contributed by atoms with van der Waals surface area (Å²) in [5, 5.41) is 2.30. The molecule has 0 nitrogen and oxygen atoms in total. The van der Waals surface area contributed by atoms with Crippen LogP contribution in [0.15, 0.2) is 72.8 Å². The van der Waals surface area contributed by atoms with E-state index < -0.39 is 0 Å². The minimum atomic E-state index is 0. The molecular weight excluding hydrogens is 531 g/mol. The monoisotopic (exact) mass is 543 g/mol. The first-order valence-electron chi connectivity index (χ1n) is 7.23. The van der Waals surface area contributed by atoms with Gasteiger partial charge < -0.3 is 17.7 Å². The summed E-state index contributed by atoms with van der Waals surface area (Å²) in [7, 11) is 0. The van der Waals surface area contributed by atoms with Crippen molar-refractivity contribution in [2.24, 2.45) is 0 Å². The Labute approximate surface area is 224 Å². The zero-order valence-corrected chi connectivity index (χ0v) is 22.2. The van der Waals surface area contributed by atoms with E-state index in [0.717, 1.165) is 27.6 Å². The van der Waals surface area contributed by atoms with Gasteiger partial charge >= 0.3 is 0 Å². The third kappa shape index (κ3) is 5.71. The fraction of sp³-hybridized carbons (Fsp3) is 0. The summed E-state index contributed by atoms with van der Waals surface area (Å²) in [4.78, 5) is 0. The smallest absolute Gasteiger partial charge is 0 e. The summed E-state index contributed by atoms with van der Waals surface area (Å²) in [5.41, 5.74) is 4.01. The molecule has 113 valence electrons. The molecule has 0 aliphatic rings. The molecule has 0 bridgehead atoms. The van der Waals surface area contributed by atoms with Crippen molar-refractivity contribution < 1.29 is 98.1 Å². The van der Waals surface area contributed by atoms with E-state index >= 15 is 0 Å². The second-order valence-corrected chi connectivity index (χ2v) is 5.13. The van der Waals surface area contributed by atoms with Gasteiger partial charge in [-0.1, -0.05) is 23.6 Å². The molecule has 25 heavy (non-hydrogen) atoms. The quantitative estimate of drug-likeness (QED) is 0.299. The standard InChI is InChI=1S/C22H12.3Y/c1-2-7-17(8-3-1)20-11-6-12-21(15-20)22-14-13-18-9-4-5-10-19(18)16-22;;;/h1-7,9-11,13-14H;;;/q-4;;;. The van der Waals surface area contributed by atoms with Crippen molar-refractivity contribution in [3.05, 3.63) is 97.1 Å². The van der Waals surface area contributed by atoms with Crippen LogP contribution in [0.5, 0.6) is 0 Å². The van der Waals surface area contributed by atoms with Gasteiger partial charge in [0.1, 0.15) is 0 Å². The molecule has 4 rings (SSSR count). The van der Waals surface area contributed by atoms with E-state index in [1.807, 2.05) is 48.5 Å². The molecule has 0 heterocycles. The van der Waals surface area contributed by atoms with Crippen molar-refractivity contribution in [1.82, 2.24) is 0 Å². The first-order valence-corrected chi connectivity index (χ1v) is 7.23. The van der Waals surface area contributed by atoms with Crippen LogP contribution >= 0.6 is 0 Å². The van der Waals surface area contributed by atoms with Gasteiger partial charge in [-0.3, -0.25) is 23.3 Å². The van der Waals surface area contributed by atoms with Gasteiger partial charge in [0.2, 0.25) is 0 Å². The Hall–Kier alpha value is 0.452. The predicted molar refractivity (Wildman–Crippen MR) is 90.2 cm³/mol. The minimum Gasteiger partial charge on any atom is -0.367 e. The molecule has 0 fully saturated rings. The summed E-state index contributed by atoms with van der Waals surface area (Å²) in [6, 6.07) is 37.7. The molecule has 0 aliphatic carbocycles. The number of benzene rings is 4. The number of fused-ring (bicyclic) bond motifs is 1. The van der Waals surface area contributed by atoms with Crippen molar-refractivity contribution in [3.63, 3.8) is 0 Å². The third-order valence-corrected chi connectivity index (χ3v) is 3.67. The van der Waals surface area contributed by atoms with Gasteiger partial charge in [0.15, 0.2) is 0 Å². The van der Waals surface area contributed by atoms with E-state index in [0.29, 0.717) is 0 Å². The van der Waals surface area contributed by atoms with E-state index in [2.05, 4.69) is 48.5 Å². The average Bonchev–Trinajstić information content (AvgIpc) is 2.62. The maximum Gasteiger partial charge on any atom is 0 e. The number of hydrogen-bond acceptors (Lipinski definition) is 0. The Morgan fingerprint density at radius 2 is 1.32 bits per heavy atom. The number of hydrogen-bond donors (Lipinski definition) is 0. The van der Waals surface area contributed by atoms with Crippen LogP contribution in [0.3, 0.4) is 0 Å². The molecule has 0 saturated carbocycles. The van der Waals surface area contributed by atoms with Gasteiger partial charge in [-0.05, 0) is 0 Å². The van der Waals surface area contributed by atoms with E-state index in [1.165, 1.54) is 5.39 Å². The summed E-state index contributed by atoms with van der Waals surface area (Å²) in [6.45, 7) is 0. The topological polar surface area (TPSA) is 0 Å². The molecule has 3 radical (unpaired) electrons. The Bertz CT molecular complexity index is 934. The van der Waals surface area contributed by atoms with E-state index in [-0.39, 0.29) is 98.1 Å². The minimum absolute atomic E-state index is 0. The number of rotatable bonds is 2. The van der Waals surface area contributed by atoms with Gasteiger partial charge in [-0.25, -0.2) is 12.1 Å². The van der Waals surface area contributed by atoms with Crippen LogP contribution in [0.2, 0.25) is 0 Å². The zero-order chi connectivity index (χ0) is 14.8. The molecule has 3 heteroatoms. The Kier molecular flexibility index (Phi) is 10.6. The van der Waals surface area contributed by atoms with Crippen molar-refractivity contribution in [2.75, 3.05) is 0 Å². The van der Waals surface area contributed by atoms with Crippen LogP contribution in [0.25, 0.3) is 33.0 Å².